The van der Waals surface area contributed by atoms with E-state index < -0.39 is 27.5 Å². The summed E-state index contributed by atoms with van der Waals surface area (Å²) in [4.78, 5) is 25.0. The van der Waals surface area contributed by atoms with E-state index in [-0.39, 0.29) is 10.8 Å². The third-order valence-electron chi connectivity index (χ3n) is 5.28. The number of amides is 3. The first-order valence-electron chi connectivity index (χ1n) is 7.52. The van der Waals surface area contributed by atoms with Gasteiger partial charge in [0, 0.05) is 5.02 Å². The Balaban J connectivity index is 1.73. The van der Waals surface area contributed by atoms with Gasteiger partial charge >= 0.3 is 6.03 Å². The number of hydrogen-bond acceptors (Lipinski definition) is 4. The summed E-state index contributed by atoms with van der Waals surface area (Å²) in [7, 11) is -4.22. The van der Waals surface area contributed by atoms with Crippen LogP contribution in [0.1, 0.15) is 25.7 Å². The van der Waals surface area contributed by atoms with Crippen LogP contribution in [0, 0.1) is 11.8 Å². The molecule has 3 aliphatic rings. The first-order chi connectivity index (χ1) is 10.8. The van der Waals surface area contributed by atoms with Crippen LogP contribution in [-0.4, -0.2) is 30.2 Å². The maximum absolute atomic E-state index is 12.9. The fourth-order valence-electron chi connectivity index (χ4n) is 4.24. The minimum absolute atomic E-state index is 0.0365. The van der Waals surface area contributed by atoms with Gasteiger partial charge in [-0.05, 0) is 61.8 Å². The third-order valence-corrected chi connectivity index (χ3v) is 7.21. The van der Waals surface area contributed by atoms with Crippen molar-refractivity contribution < 1.29 is 18.0 Å². The van der Waals surface area contributed by atoms with Gasteiger partial charge in [0.25, 0.3) is 15.9 Å². The second-order valence-electron chi connectivity index (χ2n) is 6.51. The largest absolute Gasteiger partial charge is 0.339 e. The van der Waals surface area contributed by atoms with Crippen molar-refractivity contribution in [3.63, 3.8) is 0 Å². The van der Waals surface area contributed by atoms with E-state index >= 15 is 0 Å². The number of nitrogens with one attached hydrogen (secondary N) is 1. The molecule has 0 aromatic heterocycles. The molecule has 3 amide bonds. The molecule has 8 heteroatoms. The van der Waals surface area contributed by atoms with E-state index in [4.69, 9.17) is 11.6 Å². The van der Waals surface area contributed by atoms with E-state index in [0.29, 0.717) is 21.7 Å². The van der Waals surface area contributed by atoms with Crippen LogP contribution in [0.3, 0.4) is 0 Å². The van der Waals surface area contributed by atoms with Gasteiger partial charge in [0.1, 0.15) is 5.54 Å². The van der Waals surface area contributed by atoms with Crippen molar-refractivity contribution in [2.45, 2.75) is 36.1 Å². The van der Waals surface area contributed by atoms with Gasteiger partial charge < -0.3 is 5.32 Å². The zero-order valence-electron chi connectivity index (χ0n) is 12.2. The topological polar surface area (TPSA) is 83.6 Å². The van der Waals surface area contributed by atoms with Crippen LogP contribution in [0.25, 0.3) is 0 Å². The predicted octanol–water partition coefficient (Wildman–Crippen LogP) is 2.14. The summed E-state index contributed by atoms with van der Waals surface area (Å²) in [5.74, 6) is -0.207. The number of imide groups is 1. The molecule has 1 aliphatic heterocycles. The van der Waals surface area contributed by atoms with E-state index in [2.05, 4.69) is 5.32 Å². The second-order valence-corrected chi connectivity index (χ2v) is 8.73. The van der Waals surface area contributed by atoms with Gasteiger partial charge in [0.15, 0.2) is 0 Å². The monoisotopic (exact) mass is 354 g/mol. The highest BCUT2D eigenvalue weighted by atomic mass is 35.5. The van der Waals surface area contributed by atoms with Crippen LogP contribution < -0.4 is 5.32 Å². The average Bonchev–Trinajstić information content (AvgIpc) is 3.14. The minimum atomic E-state index is -4.22. The molecule has 1 spiro atoms. The van der Waals surface area contributed by atoms with Crippen molar-refractivity contribution in [1.29, 1.82) is 0 Å². The second kappa shape index (κ2) is 4.70. The Labute approximate surface area is 138 Å². The maximum Gasteiger partial charge on any atom is 0.339 e. The van der Waals surface area contributed by atoms with Crippen molar-refractivity contribution in [2.24, 2.45) is 11.8 Å². The van der Waals surface area contributed by atoms with Gasteiger partial charge in [0.05, 0.1) is 4.90 Å². The smallest absolute Gasteiger partial charge is 0.322 e. The number of halogens is 1. The van der Waals surface area contributed by atoms with Crippen LogP contribution >= 0.6 is 11.6 Å². The molecule has 6 nitrogen and oxygen atoms in total. The van der Waals surface area contributed by atoms with Crippen molar-refractivity contribution in [1.82, 2.24) is 9.62 Å². The van der Waals surface area contributed by atoms with Crippen molar-refractivity contribution in [2.75, 3.05) is 0 Å². The summed E-state index contributed by atoms with van der Waals surface area (Å²) in [6.45, 7) is 0. The fourth-order valence-corrected chi connectivity index (χ4v) is 5.71. The number of sulfonamides is 1. The van der Waals surface area contributed by atoms with Gasteiger partial charge in [-0.15, -0.1) is 4.31 Å². The highest BCUT2D eigenvalue weighted by Crippen LogP contribution is 2.53. The Bertz CT molecular complexity index is 807. The lowest BCUT2D eigenvalue weighted by molar-refractivity contribution is -0.129. The van der Waals surface area contributed by atoms with E-state index in [1.54, 1.807) is 0 Å². The van der Waals surface area contributed by atoms with Gasteiger partial charge in [-0.25, -0.2) is 13.2 Å². The van der Waals surface area contributed by atoms with E-state index in [0.717, 1.165) is 19.3 Å². The zero-order chi connectivity index (χ0) is 16.4. The van der Waals surface area contributed by atoms with Crippen LogP contribution in [0.2, 0.25) is 5.02 Å². The molecule has 3 fully saturated rings. The van der Waals surface area contributed by atoms with Gasteiger partial charge in [-0.1, -0.05) is 11.6 Å². The molecular formula is C15H15ClN2O4S. The van der Waals surface area contributed by atoms with Gasteiger partial charge in [-0.3, -0.25) is 4.79 Å². The predicted molar refractivity (Wildman–Crippen MR) is 82.2 cm³/mol. The number of benzene rings is 1. The zero-order valence-corrected chi connectivity index (χ0v) is 13.7. The molecule has 1 unspecified atom stereocenters. The van der Waals surface area contributed by atoms with Crippen LogP contribution in [0.5, 0.6) is 0 Å². The Morgan fingerprint density at radius 2 is 1.87 bits per heavy atom. The summed E-state index contributed by atoms with van der Waals surface area (Å²) < 4.78 is 25.8. The minimum Gasteiger partial charge on any atom is -0.322 e. The molecule has 4 rings (SSSR count). The molecule has 1 N–H and O–H groups in total. The number of carbonyl (C=O) groups excluding carboxylic acids is 2. The van der Waals surface area contributed by atoms with Crippen molar-refractivity contribution in [3.8, 4) is 0 Å². The molecule has 2 bridgehead atoms. The van der Waals surface area contributed by atoms with Gasteiger partial charge in [-0.2, -0.15) is 0 Å². The summed E-state index contributed by atoms with van der Waals surface area (Å²) >= 11 is 5.77. The van der Waals surface area contributed by atoms with E-state index in [1.165, 1.54) is 24.3 Å². The molecule has 0 radical (unpaired) electrons. The van der Waals surface area contributed by atoms with Crippen LogP contribution in [-0.2, 0) is 14.8 Å². The molecule has 2 saturated carbocycles. The lowest BCUT2D eigenvalue weighted by Crippen LogP contribution is -2.51. The quantitative estimate of drug-likeness (QED) is 0.825. The molecule has 1 saturated heterocycles. The average molecular weight is 355 g/mol. The summed E-state index contributed by atoms with van der Waals surface area (Å²) in [6, 6.07) is 4.58. The lowest BCUT2D eigenvalue weighted by Gasteiger charge is -2.30. The Morgan fingerprint density at radius 3 is 2.43 bits per heavy atom. The highest BCUT2D eigenvalue weighted by molar-refractivity contribution is 7.90. The molecule has 2 aliphatic carbocycles. The summed E-state index contributed by atoms with van der Waals surface area (Å²) in [5, 5.41) is 3.06. The molecule has 1 aromatic rings. The van der Waals surface area contributed by atoms with Crippen LogP contribution in [0.4, 0.5) is 4.79 Å². The Morgan fingerprint density at radius 1 is 1.17 bits per heavy atom. The number of nitrogens with zero attached hydrogens (tertiary/aromatic N) is 1. The fraction of sp³-hybridized carbons (Fsp3) is 0.467. The number of rotatable bonds is 2. The first-order valence-corrected chi connectivity index (χ1v) is 9.34. The molecule has 23 heavy (non-hydrogen) atoms. The van der Waals surface area contributed by atoms with Crippen LogP contribution in [0.15, 0.2) is 29.2 Å². The summed E-state index contributed by atoms with van der Waals surface area (Å²) in [5.41, 5.74) is -1.03. The normalized spacial score (nSPS) is 32.8. The van der Waals surface area contributed by atoms with Crippen molar-refractivity contribution in [3.05, 3.63) is 29.3 Å². The molecule has 3 atom stereocenters. The first kappa shape index (κ1) is 15.0. The SMILES string of the molecule is O=C1NC2(C[C@@H]3CC[C@H]2C3)C(=O)N1S(=O)(=O)c1ccc(Cl)cc1. The summed E-state index contributed by atoms with van der Waals surface area (Å²) in [6.07, 6.45) is 3.31. The molecule has 1 heterocycles. The molecule has 122 valence electrons. The molecule has 1 aromatic carbocycles. The third kappa shape index (κ3) is 1.96. The lowest BCUT2D eigenvalue weighted by atomic mass is 9.81. The number of hydrogen-bond donors (Lipinski definition) is 1. The standard InChI is InChI=1S/C15H15ClN2O4S/c16-11-3-5-12(6-4-11)23(21,22)18-13(19)15(17-14(18)20)8-9-1-2-10(15)7-9/h3-6,9-10H,1-2,7-8H2,(H,17,20)/t9-,10+,15?/m1/s1. The number of urea groups is 1. The maximum atomic E-state index is 12.9. The number of carbonyl (C=O) groups is 2. The van der Waals surface area contributed by atoms with E-state index in [1.807, 2.05) is 0 Å². The molecular weight excluding hydrogens is 340 g/mol. The highest BCUT2D eigenvalue weighted by Gasteiger charge is 2.64. The van der Waals surface area contributed by atoms with Gasteiger partial charge in [0.2, 0.25) is 0 Å². The number of fused-ring (bicyclic) bond motifs is 3. The Hall–Kier alpha value is -1.60. The Kier molecular flexibility index (Phi) is 3.06. The van der Waals surface area contributed by atoms with E-state index in [9.17, 15) is 18.0 Å². The van der Waals surface area contributed by atoms with Crippen molar-refractivity contribution >= 4 is 33.6 Å².